The molecule has 0 aliphatic carbocycles. The maximum absolute atomic E-state index is 13.2. The Morgan fingerprint density at radius 1 is 1.03 bits per heavy atom. The van der Waals surface area contributed by atoms with Gasteiger partial charge in [-0.05, 0) is 81.3 Å². The van der Waals surface area contributed by atoms with Crippen molar-refractivity contribution in [3.8, 4) is 0 Å². The van der Waals surface area contributed by atoms with Crippen molar-refractivity contribution in [3.05, 3.63) is 64.2 Å². The van der Waals surface area contributed by atoms with Crippen LogP contribution < -0.4 is 5.32 Å². The highest BCUT2D eigenvalue weighted by atomic mass is 32.2. The van der Waals surface area contributed by atoms with E-state index < -0.39 is 10.0 Å². The van der Waals surface area contributed by atoms with E-state index in [9.17, 15) is 13.2 Å². The van der Waals surface area contributed by atoms with Crippen LogP contribution in [0.4, 0.5) is 0 Å². The third-order valence-corrected chi connectivity index (χ3v) is 7.76. The van der Waals surface area contributed by atoms with Gasteiger partial charge in [0.05, 0.1) is 4.90 Å². The molecule has 0 saturated carbocycles. The number of rotatable bonds is 5. The molecule has 1 aliphatic heterocycles. The first-order valence-corrected chi connectivity index (χ1v) is 11.6. The summed E-state index contributed by atoms with van der Waals surface area (Å²) in [6.07, 6.45) is 1.71. The van der Waals surface area contributed by atoms with Crippen molar-refractivity contribution >= 4 is 15.9 Å². The zero-order chi connectivity index (χ0) is 21.2. The second kappa shape index (κ2) is 8.67. The maximum Gasteiger partial charge on any atom is 0.251 e. The summed E-state index contributed by atoms with van der Waals surface area (Å²) in [5.74, 6) is -0.00485. The normalized spacial score (nSPS) is 17.9. The van der Waals surface area contributed by atoms with Gasteiger partial charge in [0.1, 0.15) is 0 Å². The van der Waals surface area contributed by atoms with Gasteiger partial charge in [-0.25, -0.2) is 8.42 Å². The molecule has 29 heavy (non-hydrogen) atoms. The first-order valence-electron chi connectivity index (χ1n) is 10.1. The minimum atomic E-state index is -3.54. The van der Waals surface area contributed by atoms with Crippen molar-refractivity contribution in [2.75, 3.05) is 19.6 Å². The SMILES string of the molecule is Cc1ccc(C(=O)NCC2CCCN(S(=O)(=O)c3cc(C)c(C)cc3C)C2)cc1. The van der Waals surface area contributed by atoms with Crippen LogP contribution in [0.3, 0.4) is 0 Å². The van der Waals surface area contributed by atoms with Crippen molar-refractivity contribution in [2.45, 2.75) is 45.4 Å². The minimum Gasteiger partial charge on any atom is -0.352 e. The van der Waals surface area contributed by atoms with E-state index in [0.29, 0.717) is 30.1 Å². The van der Waals surface area contributed by atoms with Gasteiger partial charge < -0.3 is 5.32 Å². The fourth-order valence-corrected chi connectivity index (χ4v) is 5.65. The third-order valence-electron chi connectivity index (χ3n) is 5.76. The Bertz CT molecular complexity index is 998. The molecular weight excluding hydrogens is 384 g/mol. The topological polar surface area (TPSA) is 66.5 Å². The van der Waals surface area contributed by atoms with Crippen molar-refractivity contribution in [2.24, 2.45) is 5.92 Å². The van der Waals surface area contributed by atoms with Gasteiger partial charge in [-0.15, -0.1) is 0 Å². The van der Waals surface area contributed by atoms with E-state index in [0.717, 1.165) is 35.1 Å². The Morgan fingerprint density at radius 3 is 2.38 bits per heavy atom. The van der Waals surface area contributed by atoms with Gasteiger partial charge in [0.2, 0.25) is 10.0 Å². The lowest BCUT2D eigenvalue weighted by atomic mass is 9.99. The predicted octanol–water partition coefficient (Wildman–Crippen LogP) is 3.75. The molecule has 0 bridgehead atoms. The Balaban J connectivity index is 1.68. The summed E-state index contributed by atoms with van der Waals surface area (Å²) in [5, 5.41) is 2.97. The summed E-state index contributed by atoms with van der Waals surface area (Å²) in [6, 6.07) is 11.2. The lowest BCUT2D eigenvalue weighted by Crippen LogP contribution is -2.43. The first kappa shape index (κ1) is 21.5. The fourth-order valence-electron chi connectivity index (χ4n) is 3.81. The number of benzene rings is 2. The van der Waals surface area contributed by atoms with E-state index in [4.69, 9.17) is 0 Å². The average Bonchev–Trinajstić information content (AvgIpc) is 2.69. The molecule has 156 valence electrons. The van der Waals surface area contributed by atoms with E-state index in [2.05, 4.69) is 5.32 Å². The molecule has 3 rings (SSSR count). The molecule has 1 amide bonds. The zero-order valence-electron chi connectivity index (χ0n) is 17.7. The molecule has 2 aromatic rings. The van der Waals surface area contributed by atoms with Crippen LogP contribution in [0.2, 0.25) is 0 Å². The van der Waals surface area contributed by atoms with Crippen LogP contribution in [-0.2, 0) is 10.0 Å². The molecule has 1 atom stereocenters. The minimum absolute atomic E-state index is 0.111. The third kappa shape index (κ3) is 4.87. The summed E-state index contributed by atoms with van der Waals surface area (Å²) >= 11 is 0. The maximum atomic E-state index is 13.2. The fraction of sp³-hybridized carbons (Fsp3) is 0.435. The first-order chi connectivity index (χ1) is 13.7. The molecule has 1 N–H and O–H groups in total. The smallest absolute Gasteiger partial charge is 0.251 e. The van der Waals surface area contributed by atoms with Crippen LogP contribution in [-0.4, -0.2) is 38.3 Å². The van der Waals surface area contributed by atoms with Crippen LogP contribution in [0, 0.1) is 33.6 Å². The van der Waals surface area contributed by atoms with Crippen LogP contribution in [0.15, 0.2) is 41.3 Å². The summed E-state index contributed by atoms with van der Waals surface area (Å²) in [7, 11) is -3.54. The molecule has 0 spiro atoms. The summed E-state index contributed by atoms with van der Waals surface area (Å²) in [6.45, 7) is 9.20. The highest BCUT2D eigenvalue weighted by Crippen LogP contribution is 2.27. The van der Waals surface area contributed by atoms with Crippen LogP contribution in [0.25, 0.3) is 0 Å². The summed E-state index contributed by atoms with van der Waals surface area (Å²) < 4.78 is 28.1. The van der Waals surface area contributed by atoms with Crippen molar-refractivity contribution in [1.29, 1.82) is 0 Å². The van der Waals surface area contributed by atoms with Gasteiger partial charge in [0.15, 0.2) is 0 Å². The lowest BCUT2D eigenvalue weighted by Gasteiger charge is -2.32. The second-order valence-corrected chi connectivity index (χ2v) is 10.1. The van der Waals surface area contributed by atoms with Crippen LogP contribution >= 0.6 is 0 Å². The van der Waals surface area contributed by atoms with Gasteiger partial charge >= 0.3 is 0 Å². The number of amides is 1. The monoisotopic (exact) mass is 414 g/mol. The van der Waals surface area contributed by atoms with E-state index in [1.807, 2.05) is 58.0 Å². The molecule has 5 nitrogen and oxygen atoms in total. The van der Waals surface area contributed by atoms with Crippen molar-refractivity contribution < 1.29 is 13.2 Å². The van der Waals surface area contributed by atoms with Crippen LogP contribution in [0.5, 0.6) is 0 Å². The molecule has 0 radical (unpaired) electrons. The number of hydrogen-bond donors (Lipinski definition) is 1. The number of nitrogens with one attached hydrogen (secondary N) is 1. The van der Waals surface area contributed by atoms with E-state index >= 15 is 0 Å². The quantitative estimate of drug-likeness (QED) is 0.810. The molecule has 1 fully saturated rings. The Hall–Kier alpha value is -2.18. The summed E-state index contributed by atoms with van der Waals surface area (Å²) in [5.41, 5.74) is 4.59. The van der Waals surface area contributed by atoms with Gasteiger partial charge in [-0.3, -0.25) is 4.79 Å². The molecule has 1 heterocycles. The molecular formula is C23H30N2O3S. The number of hydrogen-bond acceptors (Lipinski definition) is 3. The van der Waals surface area contributed by atoms with Gasteiger partial charge in [-0.2, -0.15) is 4.31 Å². The van der Waals surface area contributed by atoms with Crippen LogP contribution in [0.1, 0.15) is 45.5 Å². The molecule has 1 unspecified atom stereocenters. The molecule has 6 heteroatoms. The highest BCUT2D eigenvalue weighted by molar-refractivity contribution is 7.89. The van der Waals surface area contributed by atoms with Gasteiger partial charge in [0.25, 0.3) is 5.91 Å². The molecule has 0 aromatic heterocycles. The number of piperidine rings is 1. The van der Waals surface area contributed by atoms with Gasteiger partial charge in [-0.1, -0.05) is 23.8 Å². The average molecular weight is 415 g/mol. The number of carbonyl (C=O) groups is 1. The standard InChI is InChI=1S/C23H30N2O3S/c1-16-7-9-21(10-8-16)23(26)24-14-20-6-5-11-25(15-20)29(27,28)22-13-18(3)17(2)12-19(22)4/h7-10,12-13,20H,5-6,11,14-15H2,1-4H3,(H,24,26). The van der Waals surface area contributed by atoms with E-state index in [1.54, 1.807) is 10.4 Å². The number of sulfonamides is 1. The Labute approximate surface area is 174 Å². The second-order valence-electron chi connectivity index (χ2n) is 8.15. The number of carbonyl (C=O) groups excluding carboxylic acids is 1. The van der Waals surface area contributed by atoms with E-state index in [1.165, 1.54) is 0 Å². The highest BCUT2D eigenvalue weighted by Gasteiger charge is 2.31. The van der Waals surface area contributed by atoms with Crippen molar-refractivity contribution in [1.82, 2.24) is 9.62 Å². The Morgan fingerprint density at radius 2 is 1.69 bits per heavy atom. The molecule has 1 aliphatic rings. The van der Waals surface area contributed by atoms with Gasteiger partial charge in [0, 0.05) is 25.2 Å². The zero-order valence-corrected chi connectivity index (χ0v) is 18.5. The predicted molar refractivity (Wildman–Crippen MR) is 116 cm³/mol. The molecule has 1 saturated heterocycles. The van der Waals surface area contributed by atoms with Crippen molar-refractivity contribution in [3.63, 3.8) is 0 Å². The number of nitrogens with zero attached hydrogens (tertiary/aromatic N) is 1. The lowest BCUT2D eigenvalue weighted by molar-refractivity contribution is 0.0941. The number of aryl methyl sites for hydroxylation is 4. The summed E-state index contributed by atoms with van der Waals surface area (Å²) in [4.78, 5) is 12.8. The van der Waals surface area contributed by atoms with E-state index in [-0.39, 0.29) is 11.8 Å². The molecule has 2 aromatic carbocycles. The largest absolute Gasteiger partial charge is 0.352 e. The Kier molecular flexibility index (Phi) is 6.44.